The second-order valence-electron chi connectivity index (χ2n) is 1.90. The third-order valence-corrected chi connectivity index (χ3v) is 1.40. The topological polar surface area (TPSA) is 0 Å². The Balaban J connectivity index is 2.87. The molecule has 0 aliphatic heterocycles. The number of hydrogen-bond acceptors (Lipinski definition) is 0. The molecule has 0 fully saturated rings. The van der Waals surface area contributed by atoms with E-state index in [-0.39, 0.29) is 4.66 Å². The summed E-state index contributed by atoms with van der Waals surface area (Å²) in [6.45, 7) is 0. The Morgan fingerprint density at radius 3 is 2.40 bits per heavy atom. The number of rotatable bonds is 1. The van der Waals surface area contributed by atoms with Crippen molar-refractivity contribution in [1.29, 1.82) is 0 Å². The molecule has 0 saturated carbocycles. The fourth-order valence-corrected chi connectivity index (χ4v) is 1.05. The summed E-state index contributed by atoms with van der Waals surface area (Å²) in [5, 5.41) is 0. The van der Waals surface area contributed by atoms with Gasteiger partial charge in [0.15, 0.2) is 0 Å². The zero-order valence-corrected chi connectivity index (χ0v) is 7.44. The van der Waals surface area contributed by atoms with Crippen molar-refractivity contribution in [1.82, 2.24) is 0 Å². The van der Waals surface area contributed by atoms with Crippen LogP contribution in [0.15, 0.2) is 35.0 Å². The molecule has 0 aromatic heterocycles. The van der Waals surface area contributed by atoms with Crippen LogP contribution in [0.5, 0.6) is 0 Å². The van der Waals surface area contributed by atoms with Crippen LogP contribution in [0.2, 0.25) is 0 Å². The summed E-state index contributed by atoms with van der Waals surface area (Å²) in [5.74, 6) is 0. The van der Waals surface area contributed by atoms with Crippen molar-refractivity contribution in [3.05, 3.63) is 40.6 Å². The van der Waals surface area contributed by atoms with E-state index in [0.29, 0.717) is 0 Å². The van der Waals surface area contributed by atoms with E-state index in [0.717, 1.165) is 5.56 Å². The molecule has 3 radical (unpaired) electrons. The van der Waals surface area contributed by atoms with Gasteiger partial charge in [-0.05, 0) is 0 Å². The van der Waals surface area contributed by atoms with Crippen molar-refractivity contribution < 1.29 is 4.39 Å². The van der Waals surface area contributed by atoms with E-state index < -0.39 is 0 Å². The van der Waals surface area contributed by atoms with Gasteiger partial charge in [-0.15, -0.1) is 0 Å². The molecule has 0 spiro atoms. The van der Waals surface area contributed by atoms with Crippen LogP contribution < -0.4 is 0 Å². The molecule has 0 saturated heterocycles. The summed E-state index contributed by atoms with van der Waals surface area (Å²) in [6.07, 6.45) is 1.50. The van der Waals surface area contributed by atoms with Gasteiger partial charge in [0.2, 0.25) is 0 Å². The summed E-state index contributed by atoms with van der Waals surface area (Å²) in [6, 6.07) is 9.40. The molecule has 0 N–H and O–H groups in total. The van der Waals surface area contributed by atoms with Crippen LogP contribution in [0, 0.1) is 0 Å². The van der Waals surface area contributed by atoms with Crippen LogP contribution in [0.4, 0.5) is 4.39 Å². The Morgan fingerprint density at radius 1 is 1.30 bits per heavy atom. The third kappa shape index (κ3) is 2.35. The predicted molar refractivity (Wildman–Crippen MR) is 41.3 cm³/mol. The second-order valence-corrected chi connectivity index (χ2v) is 2.91. The van der Waals surface area contributed by atoms with Crippen molar-refractivity contribution in [2.45, 2.75) is 0 Å². The number of halogens is 1. The first-order chi connectivity index (χ1) is 4.79. The SMILES string of the molecule is F/[C]([Ge])=C\c1ccccc1. The Bertz CT molecular complexity index is 224. The number of benzene rings is 1. The van der Waals surface area contributed by atoms with Crippen LogP contribution in [0.25, 0.3) is 6.08 Å². The van der Waals surface area contributed by atoms with E-state index in [2.05, 4.69) is 0 Å². The van der Waals surface area contributed by atoms with Crippen LogP contribution in [-0.2, 0) is 0 Å². The Labute approximate surface area is 68.0 Å². The minimum atomic E-state index is -0.161. The number of hydrogen-bond donors (Lipinski definition) is 0. The van der Waals surface area contributed by atoms with Crippen LogP contribution in [-0.4, -0.2) is 16.5 Å². The molecular formula is C8H6FGe. The molecule has 49 valence electrons. The van der Waals surface area contributed by atoms with Gasteiger partial charge in [0.05, 0.1) is 0 Å². The van der Waals surface area contributed by atoms with Crippen molar-refractivity contribution in [2.24, 2.45) is 0 Å². The van der Waals surface area contributed by atoms with E-state index in [9.17, 15) is 4.39 Å². The first-order valence-corrected chi connectivity index (χ1v) is 3.98. The normalized spacial score (nSPS) is 11.6. The first-order valence-electron chi connectivity index (χ1n) is 2.93. The van der Waals surface area contributed by atoms with E-state index in [1.807, 2.05) is 30.3 Å². The predicted octanol–water partition coefficient (Wildman–Crippen LogP) is 2.12. The van der Waals surface area contributed by atoms with Crippen LogP contribution in [0.3, 0.4) is 0 Å². The fourth-order valence-electron chi connectivity index (χ4n) is 0.696. The Kier molecular flexibility index (Phi) is 2.69. The average molecular weight is 194 g/mol. The van der Waals surface area contributed by atoms with Gasteiger partial charge in [-0.25, -0.2) is 0 Å². The maximum absolute atomic E-state index is 12.2. The van der Waals surface area contributed by atoms with E-state index in [1.165, 1.54) is 22.6 Å². The van der Waals surface area contributed by atoms with Gasteiger partial charge in [-0.3, -0.25) is 0 Å². The van der Waals surface area contributed by atoms with Crippen molar-refractivity contribution in [2.75, 3.05) is 0 Å². The monoisotopic (exact) mass is 195 g/mol. The first kappa shape index (κ1) is 7.54. The van der Waals surface area contributed by atoms with E-state index in [4.69, 9.17) is 0 Å². The molecule has 0 nitrogen and oxygen atoms in total. The molecule has 1 aromatic rings. The zero-order chi connectivity index (χ0) is 7.40. The molecular weight excluding hydrogens is 188 g/mol. The van der Waals surface area contributed by atoms with Gasteiger partial charge < -0.3 is 0 Å². The van der Waals surface area contributed by atoms with Crippen molar-refractivity contribution >= 4 is 22.6 Å². The Morgan fingerprint density at radius 2 is 1.90 bits per heavy atom. The van der Waals surface area contributed by atoms with Crippen LogP contribution in [0.1, 0.15) is 5.56 Å². The molecule has 2 heteroatoms. The Hall–Kier alpha value is -0.567. The molecule has 0 aliphatic carbocycles. The van der Waals surface area contributed by atoms with Crippen LogP contribution >= 0.6 is 0 Å². The van der Waals surface area contributed by atoms with Gasteiger partial charge in [-0.1, -0.05) is 0 Å². The molecule has 0 amide bonds. The third-order valence-electron chi connectivity index (χ3n) is 1.09. The van der Waals surface area contributed by atoms with Gasteiger partial charge >= 0.3 is 67.5 Å². The quantitative estimate of drug-likeness (QED) is 0.600. The standard InChI is InChI=1S/C8H6FGe/c9-8(10)6-7-4-2-1-3-5-7/h1-6H/b8-6+. The molecule has 0 aliphatic rings. The van der Waals surface area contributed by atoms with Gasteiger partial charge in [0, 0.05) is 0 Å². The van der Waals surface area contributed by atoms with Gasteiger partial charge in [-0.2, -0.15) is 0 Å². The van der Waals surface area contributed by atoms with Crippen molar-refractivity contribution in [3.63, 3.8) is 0 Å². The van der Waals surface area contributed by atoms with Crippen molar-refractivity contribution in [3.8, 4) is 0 Å². The molecule has 1 aromatic carbocycles. The molecule has 0 bridgehead atoms. The van der Waals surface area contributed by atoms with Gasteiger partial charge in [0.1, 0.15) is 0 Å². The summed E-state index contributed by atoms with van der Waals surface area (Å²) in [5.41, 5.74) is 0.905. The molecule has 0 atom stereocenters. The van der Waals surface area contributed by atoms with E-state index >= 15 is 0 Å². The zero-order valence-electron chi connectivity index (χ0n) is 5.34. The molecule has 1 rings (SSSR count). The van der Waals surface area contributed by atoms with Gasteiger partial charge in [0.25, 0.3) is 0 Å². The minimum absolute atomic E-state index is 0.161. The van der Waals surface area contributed by atoms with E-state index in [1.54, 1.807) is 0 Å². The fraction of sp³-hybridized carbons (Fsp3) is 0. The molecule has 10 heavy (non-hydrogen) atoms. The summed E-state index contributed by atoms with van der Waals surface area (Å²) < 4.78 is 12.1. The summed E-state index contributed by atoms with van der Waals surface area (Å²) in [4.78, 5) is 0. The average Bonchev–Trinajstić information content (AvgIpc) is 1.88. The summed E-state index contributed by atoms with van der Waals surface area (Å²) in [7, 11) is 0. The maximum atomic E-state index is 12.2. The molecule has 0 unspecified atom stereocenters. The molecule has 0 heterocycles. The summed E-state index contributed by atoms with van der Waals surface area (Å²) >= 11 is 1.44. The second kappa shape index (κ2) is 3.56.